The number of carbonyl (C=O) groups is 2. The Labute approximate surface area is 105 Å². The van der Waals surface area contributed by atoms with Gasteiger partial charge in [-0.1, -0.05) is 25.1 Å². The van der Waals surface area contributed by atoms with Gasteiger partial charge in [-0.2, -0.15) is 0 Å². The monoisotopic (exact) mass is 251 g/mol. The molecule has 1 aliphatic heterocycles. The van der Waals surface area contributed by atoms with Crippen LogP contribution in [0, 0.1) is 5.92 Å². The SMILES string of the molecule is CCc1ccccc1N1CC(C(=O)Cl)CC1=O. The molecule has 90 valence electrons. The molecule has 1 aliphatic rings. The van der Waals surface area contributed by atoms with Crippen molar-refractivity contribution in [1.29, 1.82) is 0 Å². The van der Waals surface area contributed by atoms with Crippen LogP contribution in [0.5, 0.6) is 0 Å². The van der Waals surface area contributed by atoms with Gasteiger partial charge in [-0.25, -0.2) is 0 Å². The van der Waals surface area contributed by atoms with Crippen LogP contribution in [0.2, 0.25) is 0 Å². The minimum Gasteiger partial charge on any atom is -0.311 e. The predicted molar refractivity (Wildman–Crippen MR) is 67.1 cm³/mol. The van der Waals surface area contributed by atoms with E-state index in [-0.39, 0.29) is 18.2 Å². The largest absolute Gasteiger partial charge is 0.311 e. The van der Waals surface area contributed by atoms with Crippen LogP contribution in [0.15, 0.2) is 24.3 Å². The van der Waals surface area contributed by atoms with Gasteiger partial charge in [0.05, 0.1) is 5.92 Å². The standard InChI is InChI=1S/C13H14ClNO2/c1-2-9-5-3-4-6-11(9)15-8-10(13(14)17)7-12(15)16/h3-6,10H,2,7-8H2,1H3. The van der Waals surface area contributed by atoms with Crippen molar-refractivity contribution in [2.24, 2.45) is 5.92 Å². The molecule has 0 N–H and O–H groups in total. The number of rotatable bonds is 3. The number of hydrogen-bond donors (Lipinski definition) is 0. The van der Waals surface area contributed by atoms with Gasteiger partial charge >= 0.3 is 0 Å². The van der Waals surface area contributed by atoms with Crippen molar-refractivity contribution in [3.05, 3.63) is 29.8 Å². The van der Waals surface area contributed by atoms with Gasteiger partial charge in [-0.15, -0.1) is 0 Å². The first-order chi connectivity index (χ1) is 8.13. The maximum Gasteiger partial charge on any atom is 0.227 e. The molecular weight excluding hydrogens is 238 g/mol. The Balaban J connectivity index is 2.29. The molecule has 0 radical (unpaired) electrons. The second-order valence-electron chi connectivity index (χ2n) is 4.19. The Kier molecular flexibility index (Phi) is 3.48. The molecule has 0 saturated carbocycles. The van der Waals surface area contributed by atoms with Gasteiger partial charge in [0.2, 0.25) is 11.1 Å². The first-order valence-electron chi connectivity index (χ1n) is 5.71. The molecule has 2 rings (SSSR count). The Morgan fingerprint density at radius 2 is 2.18 bits per heavy atom. The predicted octanol–water partition coefficient (Wildman–Crippen LogP) is 2.37. The fourth-order valence-corrected chi connectivity index (χ4v) is 2.31. The number of nitrogens with zero attached hydrogens (tertiary/aromatic N) is 1. The van der Waals surface area contributed by atoms with E-state index in [1.165, 1.54) is 0 Å². The number of amides is 1. The van der Waals surface area contributed by atoms with Crippen LogP contribution in [-0.2, 0) is 16.0 Å². The molecular formula is C13H14ClNO2. The minimum atomic E-state index is -0.421. The van der Waals surface area contributed by atoms with E-state index in [1.807, 2.05) is 31.2 Å². The number of para-hydroxylation sites is 1. The Morgan fingerprint density at radius 1 is 1.47 bits per heavy atom. The maximum atomic E-state index is 11.9. The molecule has 1 aromatic carbocycles. The summed E-state index contributed by atoms with van der Waals surface area (Å²) < 4.78 is 0. The molecule has 4 heteroatoms. The number of aryl methyl sites for hydroxylation is 1. The van der Waals surface area contributed by atoms with Crippen molar-refractivity contribution in [3.63, 3.8) is 0 Å². The lowest BCUT2D eigenvalue weighted by Crippen LogP contribution is -2.26. The fourth-order valence-electron chi connectivity index (χ4n) is 2.17. The van der Waals surface area contributed by atoms with E-state index in [0.29, 0.717) is 6.54 Å². The van der Waals surface area contributed by atoms with Gasteiger partial charge in [-0.3, -0.25) is 9.59 Å². The Hall–Kier alpha value is -1.35. The van der Waals surface area contributed by atoms with Crippen molar-refractivity contribution in [1.82, 2.24) is 0 Å². The third-order valence-corrected chi connectivity index (χ3v) is 3.42. The molecule has 1 unspecified atom stereocenters. The highest BCUT2D eigenvalue weighted by Gasteiger charge is 2.34. The van der Waals surface area contributed by atoms with E-state index in [4.69, 9.17) is 11.6 Å². The molecule has 1 atom stereocenters. The fraction of sp³-hybridized carbons (Fsp3) is 0.385. The molecule has 3 nitrogen and oxygen atoms in total. The Bertz CT molecular complexity index is 458. The van der Waals surface area contributed by atoms with E-state index in [1.54, 1.807) is 4.90 Å². The van der Waals surface area contributed by atoms with Crippen LogP contribution < -0.4 is 4.90 Å². The van der Waals surface area contributed by atoms with Crippen molar-refractivity contribution in [3.8, 4) is 0 Å². The van der Waals surface area contributed by atoms with Crippen molar-refractivity contribution >= 4 is 28.4 Å². The average Bonchev–Trinajstić information content (AvgIpc) is 2.71. The van der Waals surface area contributed by atoms with Gasteiger partial charge in [0.1, 0.15) is 0 Å². The third-order valence-electron chi connectivity index (χ3n) is 3.11. The number of hydrogen-bond acceptors (Lipinski definition) is 2. The quantitative estimate of drug-likeness (QED) is 0.774. The minimum absolute atomic E-state index is 0.0232. The highest BCUT2D eigenvalue weighted by Crippen LogP contribution is 2.29. The summed E-state index contributed by atoms with van der Waals surface area (Å²) in [4.78, 5) is 24.7. The highest BCUT2D eigenvalue weighted by molar-refractivity contribution is 6.64. The molecule has 17 heavy (non-hydrogen) atoms. The number of carbonyl (C=O) groups excluding carboxylic acids is 2. The van der Waals surface area contributed by atoms with Crippen LogP contribution in [0.1, 0.15) is 18.9 Å². The van der Waals surface area contributed by atoms with Crippen LogP contribution in [-0.4, -0.2) is 17.7 Å². The second kappa shape index (κ2) is 4.88. The van der Waals surface area contributed by atoms with E-state index < -0.39 is 5.24 Å². The lowest BCUT2D eigenvalue weighted by molar-refractivity contribution is -0.120. The van der Waals surface area contributed by atoms with Crippen LogP contribution in [0.25, 0.3) is 0 Å². The highest BCUT2D eigenvalue weighted by atomic mass is 35.5. The molecule has 1 amide bonds. The lowest BCUT2D eigenvalue weighted by atomic mass is 10.1. The summed E-state index contributed by atoms with van der Waals surface area (Å²) in [6.45, 7) is 2.45. The number of benzene rings is 1. The normalized spacial score (nSPS) is 19.8. The smallest absolute Gasteiger partial charge is 0.227 e. The number of anilines is 1. The summed E-state index contributed by atoms with van der Waals surface area (Å²) in [5.74, 6) is -0.390. The van der Waals surface area contributed by atoms with E-state index in [0.717, 1.165) is 17.7 Å². The summed E-state index contributed by atoms with van der Waals surface area (Å²) in [6.07, 6.45) is 1.08. The summed E-state index contributed by atoms with van der Waals surface area (Å²) in [5.41, 5.74) is 2.02. The first-order valence-corrected chi connectivity index (χ1v) is 6.09. The van der Waals surface area contributed by atoms with Crippen molar-refractivity contribution in [2.75, 3.05) is 11.4 Å². The van der Waals surface area contributed by atoms with Gasteiger partial charge < -0.3 is 4.90 Å². The van der Waals surface area contributed by atoms with Crippen molar-refractivity contribution < 1.29 is 9.59 Å². The number of halogens is 1. The molecule has 0 bridgehead atoms. The van der Waals surface area contributed by atoms with Gasteiger partial charge in [0, 0.05) is 18.7 Å². The van der Waals surface area contributed by atoms with Gasteiger partial charge in [-0.05, 0) is 29.7 Å². The second-order valence-corrected chi connectivity index (χ2v) is 4.56. The average molecular weight is 252 g/mol. The molecule has 1 saturated heterocycles. The first kappa shape index (κ1) is 12.1. The zero-order valence-electron chi connectivity index (χ0n) is 9.65. The molecule has 1 heterocycles. The summed E-state index contributed by atoms with van der Waals surface area (Å²) in [6, 6.07) is 7.76. The molecule has 0 aliphatic carbocycles. The molecule has 1 aromatic rings. The van der Waals surface area contributed by atoms with Crippen molar-refractivity contribution in [2.45, 2.75) is 19.8 Å². The van der Waals surface area contributed by atoms with E-state index >= 15 is 0 Å². The molecule has 0 aromatic heterocycles. The summed E-state index contributed by atoms with van der Waals surface area (Å²) in [7, 11) is 0. The third kappa shape index (κ3) is 2.34. The van der Waals surface area contributed by atoms with Gasteiger partial charge in [0.15, 0.2) is 0 Å². The Morgan fingerprint density at radius 3 is 2.76 bits per heavy atom. The van der Waals surface area contributed by atoms with E-state index in [2.05, 4.69) is 0 Å². The van der Waals surface area contributed by atoms with Crippen LogP contribution >= 0.6 is 11.6 Å². The van der Waals surface area contributed by atoms with Crippen LogP contribution in [0.3, 0.4) is 0 Å². The molecule has 0 spiro atoms. The van der Waals surface area contributed by atoms with Gasteiger partial charge in [0.25, 0.3) is 0 Å². The summed E-state index contributed by atoms with van der Waals surface area (Å²) >= 11 is 5.46. The topological polar surface area (TPSA) is 37.4 Å². The zero-order valence-corrected chi connectivity index (χ0v) is 10.4. The van der Waals surface area contributed by atoms with Crippen LogP contribution in [0.4, 0.5) is 5.69 Å². The lowest BCUT2D eigenvalue weighted by Gasteiger charge is -2.19. The summed E-state index contributed by atoms with van der Waals surface area (Å²) in [5, 5.41) is -0.421. The van der Waals surface area contributed by atoms with E-state index in [9.17, 15) is 9.59 Å². The maximum absolute atomic E-state index is 11.9. The molecule has 1 fully saturated rings. The zero-order chi connectivity index (χ0) is 12.4.